The number of oxazole rings is 1. The van der Waals surface area contributed by atoms with E-state index >= 15 is 0 Å². The normalized spacial score (nSPS) is 12.6. The van der Waals surface area contributed by atoms with Gasteiger partial charge in [0.05, 0.1) is 6.20 Å². The van der Waals surface area contributed by atoms with Crippen LogP contribution < -0.4 is 5.32 Å². The highest BCUT2D eigenvalue weighted by atomic mass is 32.2. The Labute approximate surface area is 99.3 Å². The van der Waals surface area contributed by atoms with Crippen molar-refractivity contribution in [1.29, 1.82) is 0 Å². The van der Waals surface area contributed by atoms with Crippen LogP contribution in [0, 0.1) is 0 Å². The van der Waals surface area contributed by atoms with Crippen molar-refractivity contribution < 1.29 is 4.42 Å². The van der Waals surface area contributed by atoms with Gasteiger partial charge < -0.3 is 9.73 Å². The smallest absolute Gasteiger partial charge is 0.260 e. The molecule has 0 radical (unpaired) electrons. The molecule has 1 heterocycles. The molecule has 2 rings (SSSR count). The predicted octanol–water partition coefficient (Wildman–Crippen LogP) is 3.11. The molecule has 0 saturated heterocycles. The van der Waals surface area contributed by atoms with E-state index < -0.39 is 0 Å². The zero-order valence-corrected chi connectivity index (χ0v) is 10.1. The first-order valence-electron chi connectivity index (χ1n) is 5.14. The van der Waals surface area contributed by atoms with Gasteiger partial charge >= 0.3 is 0 Å². The molecule has 3 nitrogen and oxygen atoms in total. The Bertz CT molecular complexity index is 425. The van der Waals surface area contributed by atoms with E-state index in [0.29, 0.717) is 11.3 Å². The van der Waals surface area contributed by atoms with Crippen molar-refractivity contribution in [3.8, 4) is 0 Å². The summed E-state index contributed by atoms with van der Waals surface area (Å²) in [5.74, 6) is 0. The zero-order valence-electron chi connectivity index (χ0n) is 9.31. The zero-order chi connectivity index (χ0) is 11.4. The summed E-state index contributed by atoms with van der Waals surface area (Å²) in [5, 5.41) is 3.88. The Balaban J connectivity index is 2.07. The van der Waals surface area contributed by atoms with Crippen molar-refractivity contribution >= 4 is 11.8 Å². The number of rotatable bonds is 4. The second kappa shape index (κ2) is 5.18. The monoisotopic (exact) mass is 234 g/mol. The Morgan fingerprint density at radius 2 is 2.06 bits per heavy atom. The van der Waals surface area contributed by atoms with E-state index in [2.05, 4.69) is 41.5 Å². The highest BCUT2D eigenvalue weighted by Crippen LogP contribution is 2.26. The van der Waals surface area contributed by atoms with Gasteiger partial charge in [0, 0.05) is 10.9 Å². The van der Waals surface area contributed by atoms with Crippen molar-refractivity contribution in [3.05, 3.63) is 42.3 Å². The first-order valence-corrected chi connectivity index (χ1v) is 5.96. The van der Waals surface area contributed by atoms with Gasteiger partial charge in [-0.15, -0.1) is 0 Å². The SMILES string of the molecule is CNC(C)c1ccc(Sc2ncco2)cc1. The minimum absolute atomic E-state index is 0.376. The Kier molecular flexibility index (Phi) is 3.64. The molecule has 0 aliphatic carbocycles. The van der Waals surface area contributed by atoms with Gasteiger partial charge in [0.1, 0.15) is 6.26 Å². The third-order valence-corrected chi connectivity index (χ3v) is 3.31. The standard InChI is InChI=1S/C12H14N2OS/c1-9(13-2)10-3-5-11(6-4-10)16-12-14-7-8-15-12/h3-9,13H,1-2H3. The molecule has 16 heavy (non-hydrogen) atoms. The maximum absolute atomic E-state index is 5.18. The lowest BCUT2D eigenvalue weighted by Gasteiger charge is -2.10. The number of hydrogen-bond acceptors (Lipinski definition) is 4. The fourth-order valence-corrected chi connectivity index (χ4v) is 2.04. The molecule has 0 saturated carbocycles. The molecule has 1 N–H and O–H groups in total. The van der Waals surface area contributed by atoms with E-state index in [1.165, 1.54) is 17.3 Å². The summed E-state index contributed by atoms with van der Waals surface area (Å²) in [4.78, 5) is 5.20. The Hall–Kier alpha value is -1.26. The van der Waals surface area contributed by atoms with Gasteiger partial charge in [0.15, 0.2) is 0 Å². The van der Waals surface area contributed by atoms with Crippen LogP contribution in [-0.2, 0) is 0 Å². The molecular formula is C12H14N2OS. The average molecular weight is 234 g/mol. The second-order valence-corrected chi connectivity index (χ2v) is 4.50. The van der Waals surface area contributed by atoms with Crippen molar-refractivity contribution in [1.82, 2.24) is 10.3 Å². The van der Waals surface area contributed by atoms with Crippen molar-refractivity contribution in [2.75, 3.05) is 7.05 Å². The molecular weight excluding hydrogens is 220 g/mol. The van der Waals surface area contributed by atoms with Gasteiger partial charge in [0.2, 0.25) is 0 Å². The summed E-state index contributed by atoms with van der Waals surface area (Å²) >= 11 is 1.52. The van der Waals surface area contributed by atoms with Gasteiger partial charge in [-0.05, 0) is 43.4 Å². The summed E-state index contributed by atoms with van der Waals surface area (Å²) in [6.07, 6.45) is 3.24. The van der Waals surface area contributed by atoms with Crippen LogP contribution in [0.5, 0.6) is 0 Å². The van der Waals surface area contributed by atoms with Gasteiger partial charge in [-0.3, -0.25) is 0 Å². The molecule has 1 aromatic heterocycles. The largest absolute Gasteiger partial charge is 0.440 e. The Morgan fingerprint density at radius 1 is 1.31 bits per heavy atom. The van der Waals surface area contributed by atoms with Crippen molar-refractivity contribution in [3.63, 3.8) is 0 Å². The number of nitrogens with one attached hydrogen (secondary N) is 1. The molecule has 4 heteroatoms. The second-order valence-electron chi connectivity index (χ2n) is 3.48. The fourth-order valence-electron chi connectivity index (χ4n) is 1.35. The lowest BCUT2D eigenvalue weighted by atomic mass is 10.1. The van der Waals surface area contributed by atoms with E-state index in [9.17, 15) is 0 Å². The van der Waals surface area contributed by atoms with Crippen LogP contribution in [0.1, 0.15) is 18.5 Å². The van der Waals surface area contributed by atoms with Gasteiger partial charge in [-0.25, -0.2) is 4.98 Å². The summed E-state index contributed by atoms with van der Waals surface area (Å²) in [7, 11) is 1.96. The van der Waals surface area contributed by atoms with E-state index in [4.69, 9.17) is 4.42 Å². The molecule has 84 valence electrons. The van der Waals surface area contributed by atoms with Crippen LogP contribution >= 0.6 is 11.8 Å². The van der Waals surface area contributed by atoms with E-state index in [0.717, 1.165) is 4.90 Å². The van der Waals surface area contributed by atoms with E-state index in [1.54, 1.807) is 12.5 Å². The van der Waals surface area contributed by atoms with Crippen LogP contribution in [0.2, 0.25) is 0 Å². The number of aromatic nitrogens is 1. The van der Waals surface area contributed by atoms with Crippen LogP contribution in [0.3, 0.4) is 0 Å². The number of hydrogen-bond donors (Lipinski definition) is 1. The molecule has 0 fully saturated rings. The van der Waals surface area contributed by atoms with Crippen molar-refractivity contribution in [2.24, 2.45) is 0 Å². The fraction of sp³-hybridized carbons (Fsp3) is 0.250. The topological polar surface area (TPSA) is 38.1 Å². The average Bonchev–Trinajstić information content (AvgIpc) is 2.82. The summed E-state index contributed by atoms with van der Waals surface area (Å²) in [6.45, 7) is 2.14. The van der Waals surface area contributed by atoms with Gasteiger partial charge in [-0.1, -0.05) is 12.1 Å². The Morgan fingerprint density at radius 3 is 2.62 bits per heavy atom. The molecule has 0 amide bonds. The molecule has 1 unspecified atom stereocenters. The van der Waals surface area contributed by atoms with Crippen LogP contribution in [-0.4, -0.2) is 12.0 Å². The first-order chi connectivity index (χ1) is 7.79. The van der Waals surface area contributed by atoms with Crippen LogP contribution in [0.25, 0.3) is 0 Å². The van der Waals surface area contributed by atoms with Crippen LogP contribution in [0.15, 0.2) is 51.3 Å². The maximum Gasteiger partial charge on any atom is 0.260 e. The molecule has 0 aliphatic rings. The molecule has 2 aromatic rings. The van der Waals surface area contributed by atoms with E-state index in [-0.39, 0.29) is 0 Å². The first kappa shape index (κ1) is 11.2. The minimum atomic E-state index is 0.376. The molecule has 0 bridgehead atoms. The lowest BCUT2D eigenvalue weighted by Crippen LogP contribution is -2.11. The highest BCUT2D eigenvalue weighted by Gasteiger charge is 2.04. The summed E-state index contributed by atoms with van der Waals surface area (Å²) in [6, 6.07) is 8.77. The third-order valence-electron chi connectivity index (χ3n) is 2.43. The van der Waals surface area contributed by atoms with Crippen LogP contribution in [0.4, 0.5) is 0 Å². The number of benzene rings is 1. The number of nitrogens with zero attached hydrogens (tertiary/aromatic N) is 1. The highest BCUT2D eigenvalue weighted by molar-refractivity contribution is 7.99. The minimum Gasteiger partial charge on any atom is -0.440 e. The molecule has 0 spiro atoms. The van der Waals surface area contributed by atoms with Crippen molar-refractivity contribution in [2.45, 2.75) is 23.1 Å². The molecule has 0 aliphatic heterocycles. The summed E-state index contributed by atoms with van der Waals surface area (Å²) in [5.41, 5.74) is 1.28. The van der Waals surface area contributed by atoms with Gasteiger partial charge in [-0.2, -0.15) is 0 Å². The lowest BCUT2D eigenvalue weighted by molar-refractivity contribution is 0.454. The predicted molar refractivity (Wildman–Crippen MR) is 64.5 cm³/mol. The van der Waals surface area contributed by atoms with E-state index in [1.807, 2.05) is 7.05 Å². The molecule has 1 atom stereocenters. The summed E-state index contributed by atoms with van der Waals surface area (Å²) < 4.78 is 5.18. The third kappa shape index (κ3) is 2.65. The van der Waals surface area contributed by atoms with Gasteiger partial charge in [0.25, 0.3) is 5.22 Å². The molecule has 1 aromatic carbocycles. The maximum atomic E-state index is 5.18. The quantitative estimate of drug-likeness (QED) is 0.882.